The minimum Gasteiger partial charge on any atom is -0.456 e. The van der Waals surface area contributed by atoms with Crippen LogP contribution in [0.1, 0.15) is 28.4 Å². The summed E-state index contributed by atoms with van der Waals surface area (Å²) < 4.78 is 6.75. The third-order valence-corrected chi connectivity index (χ3v) is 3.77. The molecule has 0 radical (unpaired) electrons. The van der Waals surface area contributed by atoms with E-state index in [4.69, 9.17) is 4.74 Å². The Labute approximate surface area is 133 Å². The summed E-state index contributed by atoms with van der Waals surface area (Å²) in [7, 11) is 0. The van der Waals surface area contributed by atoms with Crippen molar-refractivity contribution in [3.63, 3.8) is 0 Å². The quantitative estimate of drug-likeness (QED) is 0.876. The first kappa shape index (κ1) is 15.6. The smallest absolute Gasteiger partial charge is 0.251 e. The molecular weight excluding hydrogens is 330 g/mol. The van der Waals surface area contributed by atoms with Crippen LogP contribution in [0, 0.1) is 13.8 Å². The molecule has 4 heteroatoms. The van der Waals surface area contributed by atoms with E-state index in [9.17, 15) is 4.79 Å². The van der Waals surface area contributed by atoms with E-state index in [2.05, 4.69) is 21.2 Å². The fraction of sp³-hybridized carbons (Fsp3) is 0.235. The highest BCUT2D eigenvalue weighted by molar-refractivity contribution is 9.10. The molecule has 0 spiro atoms. The zero-order valence-corrected chi connectivity index (χ0v) is 14.0. The van der Waals surface area contributed by atoms with Gasteiger partial charge in [-0.1, -0.05) is 18.2 Å². The van der Waals surface area contributed by atoms with Gasteiger partial charge in [0.25, 0.3) is 5.91 Å². The van der Waals surface area contributed by atoms with Gasteiger partial charge in [0.1, 0.15) is 11.5 Å². The van der Waals surface area contributed by atoms with E-state index in [1.165, 1.54) is 0 Å². The highest BCUT2D eigenvalue weighted by Gasteiger charge is 2.11. The topological polar surface area (TPSA) is 38.3 Å². The Hall–Kier alpha value is -1.81. The lowest BCUT2D eigenvalue weighted by Crippen LogP contribution is -2.22. The Bertz CT molecular complexity index is 648. The van der Waals surface area contributed by atoms with Crippen LogP contribution in [0.3, 0.4) is 0 Å². The van der Waals surface area contributed by atoms with Crippen LogP contribution in [0.5, 0.6) is 11.5 Å². The fourth-order valence-corrected chi connectivity index (χ4v) is 2.52. The molecule has 1 N–H and O–H groups in total. The Morgan fingerprint density at radius 2 is 1.86 bits per heavy atom. The molecule has 0 saturated heterocycles. The Morgan fingerprint density at radius 3 is 2.43 bits per heavy atom. The molecule has 0 unspecified atom stereocenters. The molecule has 110 valence electrons. The molecule has 0 fully saturated rings. The van der Waals surface area contributed by atoms with E-state index in [-0.39, 0.29) is 5.91 Å². The number of para-hydroxylation sites is 1. The van der Waals surface area contributed by atoms with Crippen LogP contribution in [0.2, 0.25) is 0 Å². The third kappa shape index (κ3) is 3.64. The van der Waals surface area contributed by atoms with Crippen LogP contribution >= 0.6 is 15.9 Å². The monoisotopic (exact) mass is 347 g/mol. The molecule has 2 aromatic carbocycles. The molecule has 2 aromatic rings. The van der Waals surface area contributed by atoms with Gasteiger partial charge in [-0.3, -0.25) is 4.79 Å². The summed E-state index contributed by atoms with van der Waals surface area (Å²) in [6.45, 7) is 6.53. The molecule has 0 aliphatic heterocycles. The summed E-state index contributed by atoms with van der Waals surface area (Å²) in [4.78, 5) is 11.8. The van der Waals surface area contributed by atoms with Crippen molar-refractivity contribution in [3.8, 4) is 11.5 Å². The molecule has 0 bridgehead atoms. The lowest BCUT2D eigenvalue weighted by molar-refractivity contribution is 0.0955. The zero-order valence-electron chi connectivity index (χ0n) is 12.4. The van der Waals surface area contributed by atoms with Gasteiger partial charge in [0.2, 0.25) is 0 Å². The standard InChI is InChI=1S/C17H18BrNO2/c1-4-19-17(20)13-8-9-15(14(18)10-13)21-16-11(2)6-5-7-12(16)3/h5-10H,4H2,1-3H3,(H,19,20). The van der Waals surface area contributed by atoms with Crippen molar-refractivity contribution in [2.24, 2.45) is 0 Å². The molecule has 0 aliphatic carbocycles. The second-order valence-corrected chi connectivity index (χ2v) is 5.68. The second-order valence-electron chi connectivity index (χ2n) is 4.83. The van der Waals surface area contributed by atoms with Gasteiger partial charge < -0.3 is 10.1 Å². The molecule has 0 aromatic heterocycles. The first-order valence-electron chi connectivity index (χ1n) is 6.84. The molecule has 0 aliphatic rings. The maximum atomic E-state index is 11.8. The van der Waals surface area contributed by atoms with Crippen LogP contribution in [0.4, 0.5) is 0 Å². The maximum absolute atomic E-state index is 11.8. The maximum Gasteiger partial charge on any atom is 0.251 e. The van der Waals surface area contributed by atoms with Gasteiger partial charge in [-0.05, 0) is 66.0 Å². The van der Waals surface area contributed by atoms with Gasteiger partial charge in [-0.15, -0.1) is 0 Å². The van der Waals surface area contributed by atoms with Crippen LogP contribution in [0.25, 0.3) is 0 Å². The van der Waals surface area contributed by atoms with Gasteiger partial charge in [-0.2, -0.15) is 0 Å². The predicted octanol–water partition coefficient (Wildman–Crippen LogP) is 4.61. The number of amides is 1. The number of hydrogen-bond acceptors (Lipinski definition) is 2. The molecule has 0 atom stereocenters. The number of aryl methyl sites for hydroxylation is 2. The van der Waals surface area contributed by atoms with Gasteiger partial charge in [0.15, 0.2) is 0 Å². The zero-order chi connectivity index (χ0) is 15.4. The van der Waals surface area contributed by atoms with E-state index in [1.807, 2.05) is 39.0 Å². The highest BCUT2D eigenvalue weighted by Crippen LogP contribution is 2.33. The Balaban J connectivity index is 2.28. The first-order chi connectivity index (χ1) is 10.0. The molecular formula is C17H18BrNO2. The normalized spacial score (nSPS) is 10.3. The number of ether oxygens (including phenoxy) is 1. The van der Waals surface area contributed by atoms with Crippen molar-refractivity contribution in [3.05, 3.63) is 57.6 Å². The van der Waals surface area contributed by atoms with Crippen LogP contribution in [-0.4, -0.2) is 12.5 Å². The summed E-state index contributed by atoms with van der Waals surface area (Å²) >= 11 is 3.47. The highest BCUT2D eigenvalue weighted by atomic mass is 79.9. The van der Waals surface area contributed by atoms with Crippen LogP contribution in [-0.2, 0) is 0 Å². The van der Waals surface area contributed by atoms with Crippen LogP contribution in [0.15, 0.2) is 40.9 Å². The third-order valence-electron chi connectivity index (χ3n) is 3.15. The van der Waals surface area contributed by atoms with E-state index in [1.54, 1.807) is 18.2 Å². The average Bonchev–Trinajstić information content (AvgIpc) is 2.44. The minimum atomic E-state index is -0.0863. The van der Waals surface area contributed by atoms with Crippen molar-refractivity contribution in [1.82, 2.24) is 5.32 Å². The fourth-order valence-electron chi connectivity index (χ4n) is 2.06. The van der Waals surface area contributed by atoms with Crippen molar-refractivity contribution >= 4 is 21.8 Å². The first-order valence-corrected chi connectivity index (χ1v) is 7.64. The summed E-state index contributed by atoms with van der Waals surface area (Å²) in [6, 6.07) is 11.4. The average molecular weight is 348 g/mol. The van der Waals surface area contributed by atoms with E-state index < -0.39 is 0 Å². The summed E-state index contributed by atoms with van der Waals surface area (Å²) in [5.74, 6) is 1.46. The van der Waals surface area contributed by atoms with Crippen LogP contribution < -0.4 is 10.1 Å². The van der Waals surface area contributed by atoms with Crippen molar-refractivity contribution in [1.29, 1.82) is 0 Å². The molecule has 1 amide bonds. The van der Waals surface area contributed by atoms with Gasteiger partial charge >= 0.3 is 0 Å². The summed E-state index contributed by atoms with van der Waals surface area (Å²) in [6.07, 6.45) is 0. The number of hydrogen-bond donors (Lipinski definition) is 1. The summed E-state index contributed by atoms with van der Waals surface area (Å²) in [5, 5.41) is 2.78. The SMILES string of the molecule is CCNC(=O)c1ccc(Oc2c(C)cccc2C)c(Br)c1. The summed E-state index contributed by atoms with van der Waals surface area (Å²) in [5.41, 5.74) is 2.77. The minimum absolute atomic E-state index is 0.0863. The predicted molar refractivity (Wildman–Crippen MR) is 88.1 cm³/mol. The van der Waals surface area contributed by atoms with E-state index >= 15 is 0 Å². The molecule has 0 saturated carbocycles. The van der Waals surface area contributed by atoms with Crippen molar-refractivity contribution in [2.45, 2.75) is 20.8 Å². The molecule has 3 nitrogen and oxygen atoms in total. The number of nitrogens with one attached hydrogen (secondary N) is 1. The number of carbonyl (C=O) groups excluding carboxylic acids is 1. The van der Waals surface area contributed by atoms with E-state index in [0.29, 0.717) is 17.9 Å². The molecule has 21 heavy (non-hydrogen) atoms. The van der Waals surface area contributed by atoms with Crippen molar-refractivity contribution in [2.75, 3.05) is 6.54 Å². The lowest BCUT2D eigenvalue weighted by Gasteiger charge is -2.13. The second kappa shape index (κ2) is 6.76. The van der Waals surface area contributed by atoms with Gasteiger partial charge in [0, 0.05) is 12.1 Å². The largest absolute Gasteiger partial charge is 0.456 e. The van der Waals surface area contributed by atoms with Crippen molar-refractivity contribution < 1.29 is 9.53 Å². The number of carbonyl (C=O) groups is 1. The van der Waals surface area contributed by atoms with Gasteiger partial charge in [-0.25, -0.2) is 0 Å². The Kier molecular flexibility index (Phi) is 5.02. The lowest BCUT2D eigenvalue weighted by atomic mass is 10.1. The number of benzene rings is 2. The van der Waals surface area contributed by atoms with E-state index in [0.717, 1.165) is 21.3 Å². The number of rotatable bonds is 4. The Morgan fingerprint density at radius 1 is 1.19 bits per heavy atom. The number of halogens is 1. The molecule has 0 heterocycles. The van der Waals surface area contributed by atoms with Gasteiger partial charge in [0.05, 0.1) is 4.47 Å². The molecule has 2 rings (SSSR count).